The predicted molar refractivity (Wildman–Crippen MR) is 78.1 cm³/mol. The molecule has 0 aliphatic rings. The Kier molecular flexibility index (Phi) is 3.51. The van der Waals surface area contributed by atoms with E-state index in [1.807, 2.05) is 42.5 Å². The van der Waals surface area contributed by atoms with Crippen LogP contribution in [0.1, 0.15) is 21.9 Å². The minimum absolute atomic E-state index is 0.0640. The first-order chi connectivity index (χ1) is 10.2. The molecule has 3 rings (SSSR count). The fourth-order valence-electron chi connectivity index (χ4n) is 2.11. The van der Waals surface area contributed by atoms with Gasteiger partial charge in [-0.15, -0.1) is 0 Å². The second kappa shape index (κ2) is 5.63. The van der Waals surface area contributed by atoms with E-state index < -0.39 is 5.97 Å². The van der Waals surface area contributed by atoms with Crippen LogP contribution in [0.4, 0.5) is 0 Å². The minimum atomic E-state index is -1.08. The number of carboxylic acid groups (broad SMARTS) is 1. The van der Waals surface area contributed by atoms with Gasteiger partial charge in [0.05, 0.1) is 0 Å². The number of rotatable bonds is 4. The summed E-state index contributed by atoms with van der Waals surface area (Å²) >= 11 is 0. The van der Waals surface area contributed by atoms with Gasteiger partial charge in [-0.25, -0.2) is 9.78 Å². The second-order valence-corrected chi connectivity index (χ2v) is 4.67. The Bertz CT molecular complexity index is 745. The summed E-state index contributed by atoms with van der Waals surface area (Å²) < 4.78 is 5.15. The van der Waals surface area contributed by atoms with Crippen molar-refractivity contribution in [2.75, 3.05) is 0 Å². The molecule has 21 heavy (non-hydrogen) atoms. The van der Waals surface area contributed by atoms with E-state index in [2.05, 4.69) is 17.1 Å². The highest BCUT2D eigenvalue weighted by Gasteiger charge is 2.10. The van der Waals surface area contributed by atoms with Gasteiger partial charge in [0.1, 0.15) is 6.26 Å². The number of benzene rings is 2. The molecule has 1 N–H and O–H groups in total. The molecule has 0 aliphatic carbocycles. The summed E-state index contributed by atoms with van der Waals surface area (Å²) in [7, 11) is 0. The molecular formula is C17H13NO3. The molecule has 2 aromatic carbocycles. The summed E-state index contributed by atoms with van der Waals surface area (Å²) in [6.45, 7) is 0. The Morgan fingerprint density at radius 3 is 2.29 bits per heavy atom. The molecule has 3 aromatic rings. The number of aromatic carboxylic acids is 1. The van der Waals surface area contributed by atoms with Gasteiger partial charge in [0.15, 0.2) is 11.6 Å². The van der Waals surface area contributed by atoms with Crippen LogP contribution in [0.25, 0.3) is 11.1 Å². The second-order valence-electron chi connectivity index (χ2n) is 4.67. The van der Waals surface area contributed by atoms with E-state index in [0.29, 0.717) is 12.3 Å². The van der Waals surface area contributed by atoms with Crippen molar-refractivity contribution >= 4 is 5.97 Å². The van der Waals surface area contributed by atoms with Gasteiger partial charge >= 0.3 is 5.97 Å². The molecule has 1 heterocycles. The van der Waals surface area contributed by atoms with Crippen LogP contribution < -0.4 is 0 Å². The molecule has 0 amide bonds. The molecule has 4 heteroatoms. The lowest BCUT2D eigenvalue weighted by atomic mass is 10.0. The molecule has 0 saturated carbocycles. The number of hydrogen-bond acceptors (Lipinski definition) is 3. The van der Waals surface area contributed by atoms with E-state index >= 15 is 0 Å². The number of carboxylic acids is 1. The molecular weight excluding hydrogens is 266 g/mol. The van der Waals surface area contributed by atoms with Gasteiger partial charge in [-0.3, -0.25) is 0 Å². The first-order valence-corrected chi connectivity index (χ1v) is 6.54. The van der Waals surface area contributed by atoms with Crippen LogP contribution >= 0.6 is 0 Å². The van der Waals surface area contributed by atoms with E-state index in [0.717, 1.165) is 23.0 Å². The van der Waals surface area contributed by atoms with Crippen molar-refractivity contribution in [2.45, 2.75) is 6.42 Å². The highest BCUT2D eigenvalue weighted by atomic mass is 16.4. The van der Waals surface area contributed by atoms with E-state index in [-0.39, 0.29) is 5.69 Å². The number of carbonyl (C=O) groups is 1. The van der Waals surface area contributed by atoms with E-state index in [4.69, 9.17) is 9.52 Å². The van der Waals surface area contributed by atoms with Crippen LogP contribution in [-0.4, -0.2) is 16.1 Å². The zero-order chi connectivity index (χ0) is 14.7. The quantitative estimate of drug-likeness (QED) is 0.792. The molecule has 0 unspecified atom stereocenters. The average molecular weight is 279 g/mol. The Morgan fingerprint density at radius 2 is 1.67 bits per heavy atom. The maximum Gasteiger partial charge on any atom is 0.357 e. The van der Waals surface area contributed by atoms with Crippen molar-refractivity contribution in [3.8, 4) is 11.1 Å². The first kappa shape index (κ1) is 13.1. The van der Waals surface area contributed by atoms with Crippen molar-refractivity contribution in [3.05, 3.63) is 78.0 Å². The maximum atomic E-state index is 10.7. The van der Waals surface area contributed by atoms with Gasteiger partial charge in [0, 0.05) is 6.42 Å². The topological polar surface area (TPSA) is 63.3 Å². The van der Waals surface area contributed by atoms with Crippen molar-refractivity contribution in [2.24, 2.45) is 0 Å². The minimum Gasteiger partial charge on any atom is -0.476 e. The third-order valence-corrected chi connectivity index (χ3v) is 3.19. The molecule has 0 fully saturated rings. The molecule has 104 valence electrons. The number of nitrogens with zero attached hydrogens (tertiary/aromatic N) is 1. The van der Waals surface area contributed by atoms with Crippen LogP contribution in [0.5, 0.6) is 0 Å². The van der Waals surface area contributed by atoms with Crippen LogP contribution in [0.3, 0.4) is 0 Å². The first-order valence-electron chi connectivity index (χ1n) is 6.54. The van der Waals surface area contributed by atoms with Gasteiger partial charge in [0.25, 0.3) is 0 Å². The lowest BCUT2D eigenvalue weighted by molar-refractivity contribution is 0.0690. The highest BCUT2D eigenvalue weighted by molar-refractivity contribution is 5.84. The summed E-state index contributed by atoms with van der Waals surface area (Å²) in [4.78, 5) is 14.7. The summed E-state index contributed by atoms with van der Waals surface area (Å²) in [6.07, 6.45) is 1.64. The average Bonchev–Trinajstić information content (AvgIpc) is 2.98. The van der Waals surface area contributed by atoms with Crippen molar-refractivity contribution in [1.82, 2.24) is 4.98 Å². The molecule has 0 saturated heterocycles. The van der Waals surface area contributed by atoms with Gasteiger partial charge in [-0.1, -0.05) is 54.6 Å². The zero-order valence-electron chi connectivity index (χ0n) is 11.2. The van der Waals surface area contributed by atoms with Crippen molar-refractivity contribution in [3.63, 3.8) is 0 Å². The van der Waals surface area contributed by atoms with Gasteiger partial charge < -0.3 is 9.52 Å². The number of aromatic nitrogens is 1. The lowest BCUT2D eigenvalue weighted by Gasteiger charge is -2.03. The number of oxazole rings is 1. The SMILES string of the molecule is O=C(O)c1coc(Cc2ccc(-c3ccccc3)cc2)n1. The van der Waals surface area contributed by atoms with Crippen molar-refractivity contribution < 1.29 is 14.3 Å². The predicted octanol–water partition coefficient (Wildman–Crippen LogP) is 3.63. The number of hydrogen-bond donors (Lipinski definition) is 1. The van der Waals surface area contributed by atoms with E-state index in [9.17, 15) is 4.79 Å². The summed E-state index contributed by atoms with van der Waals surface area (Å²) in [5, 5.41) is 8.80. The molecule has 4 nitrogen and oxygen atoms in total. The van der Waals surface area contributed by atoms with Crippen LogP contribution in [0.2, 0.25) is 0 Å². The largest absolute Gasteiger partial charge is 0.476 e. The van der Waals surface area contributed by atoms with Crippen molar-refractivity contribution in [1.29, 1.82) is 0 Å². The lowest BCUT2D eigenvalue weighted by Crippen LogP contribution is -1.97. The molecule has 0 atom stereocenters. The van der Waals surface area contributed by atoms with Crippen LogP contribution in [0.15, 0.2) is 65.3 Å². The van der Waals surface area contributed by atoms with E-state index in [1.165, 1.54) is 0 Å². The van der Waals surface area contributed by atoms with Crippen LogP contribution in [0, 0.1) is 0 Å². The summed E-state index contributed by atoms with van der Waals surface area (Å²) in [5.74, 6) is -0.677. The zero-order valence-corrected chi connectivity index (χ0v) is 11.2. The Balaban J connectivity index is 1.76. The molecule has 0 radical (unpaired) electrons. The third-order valence-electron chi connectivity index (χ3n) is 3.19. The normalized spacial score (nSPS) is 10.5. The molecule has 0 spiro atoms. The third kappa shape index (κ3) is 3.00. The standard InChI is InChI=1S/C17H13NO3/c19-17(20)15-11-21-16(18-15)10-12-6-8-14(9-7-12)13-4-2-1-3-5-13/h1-9,11H,10H2,(H,19,20). The summed E-state index contributed by atoms with van der Waals surface area (Å²) in [6, 6.07) is 18.2. The monoisotopic (exact) mass is 279 g/mol. The highest BCUT2D eigenvalue weighted by Crippen LogP contribution is 2.20. The fraction of sp³-hybridized carbons (Fsp3) is 0.0588. The maximum absolute atomic E-state index is 10.7. The smallest absolute Gasteiger partial charge is 0.357 e. The molecule has 1 aromatic heterocycles. The van der Waals surface area contributed by atoms with Gasteiger partial charge in [-0.2, -0.15) is 0 Å². The Labute approximate surface area is 121 Å². The Morgan fingerprint density at radius 1 is 1.00 bits per heavy atom. The Hall–Kier alpha value is -2.88. The fourth-order valence-corrected chi connectivity index (χ4v) is 2.11. The molecule has 0 aliphatic heterocycles. The summed E-state index contributed by atoms with van der Waals surface area (Å²) in [5.41, 5.74) is 3.26. The van der Waals surface area contributed by atoms with E-state index in [1.54, 1.807) is 0 Å². The van der Waals surface area contributed by atoms with Gasteiger partial charge in [0.2, 0.25) is 0 Å². The molecule has 0 bridgehead atoms. The van der Waals surface area contributed by atoms with Crippen LogP contribution in [-0.2, 0) is 6.42 Å². The van der Waals surface area contributed by atoms with Gasteiger partial charge in [-0.05, 0) is 16.7 Å².